The molecule has 0 amide bonds. The highest BCUT2D eigenvalue weighted by molar-refractivity contribution is 6.10. The summed E-state index contributed by atoms with van der Waals surface area (Å²) in [6.07, 6.45) is 0. The number of esters is 1. The van der Waals surface area contributed by atoms with Gasteiger partial charge in [-0.15, -0.1) is 0 Å². The Bertz CT molecular complexity index is 722. The van der Waals surface area contributed by atoms with Crippen LogP contribution >= 0.6 is 0 Å². The van der Waals surface area contributed by atoms with Crippen molar-refractivity contribution in [2.45, 2.75) is 6.92 Å². The van der Waals surface area contributed by atoms with Gasteiger partial charge in [-0.3, -0.25) is 9.59 Å². The van der Waals surface area contributed by atoms with Gasteiger partial charge >= 0.3 is 11.9 Å². The molecule has 1 N–H and O–H groups in total. The van der Waals surface area contributed by atoms with Gasteiger partial charge in [-0.2, -0.15) is 0 Å². The number of Topliss-reactive ketones (excluding diaryl/α,β-unsaturated/α-hetero) is 2. The molecule has 1 aliphatic heterocycles. The number of aromatic carboxylic acids is 1. The zero-order valence-corrected chi connectivity index (χ0v) is 12.8. The van der Waals surface area contributed by atoms with Crippen LogP contribution in [-0.4, -0.2) is 35.2 Å². The maximum absolute atomic E-state index is 11.2. The van der Waals surface area contributed by atoms with Crippen molar-refractivity contribution >= 4 is 23.5 Å². The molecule has 0 saturated carbocycles. The zero-order valence-electron chi connectivity index (χ0n) is 12.8. The molecule has 2 aromatic carbocycles. The van der Waals surface area contributed by atoms with Crippen molar-refractivity contribution in [1.82, 2.24) is 0 Å². The topological polar surface area (TPSA) is 97.7 Å². The lowest BCUT2D eigenvalue weighted by Gasteiger charge is -2.13. The van der Waals surface area contributed by atoms with Crippen molar-refractivity contribution < 1.29 is 29.0 Å². The molecule has 2 aromatic rings. The lowest BCUT2D eigenvalue weighted by molar-refractivity contribution is 0.0443. The molecule has 0 radical (unpaired) electrons. The van der Waals surface area contributed by atoms with Crippen molar-refractivity contribution in [3.05, 3.63) is 70.8 Å². The second-order valence-corrected chi connectivity index (χ2v) is 4.95. The van der Waals surface area contributed by atoms with Gasteiger partial charge in [0, 0.05) is 11.1 Å². The zero-order chi connectivity index (χ0) is 17.7. The first-order valence-electron chi connectivity index (χ1n) is 7.04. The average molecular weight is 326 g/mol. The minimum Gasteiger partial charge on any atom is -0.478 e. The highest BCUT2D eigenvalue weighted by atomic mass is 16.5. The van der Waals surface area contributed by atoms with E-state index in [1.165, 1.54) is 19.1 Å². The third kappa shape index (κ3) is 3.73. The fourth-order valence-corrected chi connectivity index (χ4v) is 2.17. The molecule has 0 fully saturated rings. The van der Waals surface area contributed by atoms with E-state index in [9.17, 15) is 19.2 Å². The van der Waals surface area contributed by atoms with Crippen molar-refractivity contribution in [2.24, 2.45) is 0 Å². The van der Waals surface area contributed by atoms with Crippen molar-refractivity contribution in [3.8, 4) is 0 Å². The summed E-state index contributed by atoms with van der Waals surface area (Å²) in [4.78, 5) is 43.7. The van der Waals surface area contributed by atoms with Gasteiger partial charge in [-0.1, -0.05) is 36.4 Å². The van der Waals surface area contributed by atoms with Crippen LogP contribution in [0.2, 0.25) is 0 Å². The van der Waals surface area contributed by atoms with E-state index >= 15 is 0 Å². The van der Waals surface area contributed by atoms with E-state index in [0.717, 1.165) is 0 Å². The quantitative estimate of drug-likeness (QED) is 0.673. The third-order valence-electron chi connectivity index (χ3n) is 3.32. The summed E-state index contributed by atoms with van der Waals surface area (Å²) in [5, 5.41) is 8.66. The van der Waals surface area contributed by atoms with Crippen LogP contribution in [0.25, 0.3) is 0 Å². The van der Waals surface area contributed by atoms with Gasteiger partial charge in [-0.05, 0) is 19.1 Å². The maximum atomic E-state index is 11.2. The number of hydrogen-bond acceptors (Lipinski definition) is 5. The second-order valence-electron chi connectivity index (χ2n) is 4.95. The Kier molecular flexibility index (Phi) is 5.21. The Labute approximate surface area is 137 Å². The number of carboxylic acids is 1. The monoisotopic (exact) mass is 326 g/mol. The van der Waals surface area contributed by atoms with Crippen molar-refractivity contribution in [2.75, 3.05) is 6.61 Å². The Morgan fingerprint density at radius 2 is 1.46 bits per heavy atom. The molecule has 1 heterocycles. The molecule has 0 unspecified atom stereocenters. The summed E-state index contributed by atoms with van der Waals surface area (Å²) in [5.74, 6) is -1.84. The molecule has 0 bridgehead atoms. The molecule has 3 rings (SSSR count). The second kappa shape index (κ2) is 7.32. The molecular formula is C18H14O6. The number of carboxylic acid groups (broad SMARTS) is 1. The third-order valence-corrected chi connectivity index (χ3v) is 3.32. The number of ketones is 2. The van der Waals surface area contributed by atoms with Gasteiger partial charge in [-0.25, -0.2) is 9.59 Å². The smallest absolute Gasteiger partial charge is 0.339 e. The van der Waals surface area contributed by atoms with Gasteiger partial charge in [0.2, 0.25) is 5.78 Å². The van der Waals surface area contributed by atoms with E-state index in [0.29, 0.717) is 11.1 Å². The minimum atomic E-state index is -1.07. The molecule has 24 heavy (non-hydrogen) atoms. The number of benzene rings is 2. The Morgan fingerprint density at radius 3 is 1.96 bits per heavy atom. The number of rotatable bonds is 2. The first-order valence-corrected chi connectivity index (χ1v) is 7.04. The molecule has 0 aliphatic carbocycles. The van der Waals surface area contributed by atoms with Crippen LogP contribution in [-0.2, 0) is 4.74 Å². The van der Waals surface area contributed by atoms with Gasteiger partial charge < -0.3 is 9.84 Å². The van der Waals surface area contributed by atoms with E-state index in [1.807, 2.05) is 0 Å². The maximum Gasteiger partial charge on any atom is 0.339 e. The van der Waals surface area contributed by atoms with Crippen LogP contribution in [0.1, 0.15) is 48.4 Å². The predicted octanol–water partition coefficient (Wildman–Crippen LogP) is 2.63. The Hall–Kier alpha value is -3.28. The summed E-state index contributed by atoms with van der Waals surface area (Å²) in [6.45, 7) is 1.22. The van der Waals surface area contributed by atoms with Crippen LogP contribution in [0.5, 0.6) is 0 Å². The Balaban J connectivity index is 0.000000174. The summed E-state index contributed by atoms with van der Waals surface area (Å²) in [6, 6.07) is 12.8. The summed E-state index contributed by atoms with van der Waals surface area (Å²) in [7, 11) is 0. The van der Waals surface area contributed by atoms with Gasteiger partial charge in [0.05, 0.1) is 11.1 Å². The lowest BCUT2D eigenvalue weighted by atomic mass is 10.0. The van der Waals surface area contributed by atoms with Gasteiger partial charge in [0.15, 0.2) is 12.4 Å². The fourth-order valence-electron chi connectivity index (χ4n) is 2.17. The largest absolute Gasteiger partial charge is 0.478 e. The van der Waals surface area contributed by atoms with Gasteiger partial charge in [0.1, 0.15) is 0 Å². The highest BCUT2D eigenvalue weighted by Crippen LogP contribution is 2.15. The standard InChI is InChI=1S/C9H6O3.C9H8O3/c10-8-5-12-9(11)7-4-2-1-3-6(7)8;1-6(10)7-4-2-3-5-8(7)9(11)12/h1-4H,5H2;2-5H,1H3,(H,11,12). The van der Waals surface area contributed by atoms with Gasteiger partial charge in [0.25, 0.3) is 0 Å². The summed E-state index contributed by atoms with van der Waals surface area (Å²) >= 11 is 0. The number of hydrogen-bond donors (Lipinski definition) is 1. The van der Waals surface area contributed by atoms with Crippen LogP contribution in [0.3, 0.4) is 0 Å². The van der Waals surface area contributed by atoms with Crippen LogP contribution in [0, 0.1) is 0 Å². The highest BCUT2D eigenvalue weighted by Gasteiger charge is 2.23. The van der Waals surface area contributed by atoms with E-state index in [-0.39, 0.29) is 29.3 Å². The molecule has 6 nitrogen and oxygen atoms in total. The number of carbonyl (C=O) groups is 4. The van der Waals surface area contributed by atoms with Crippen LogP contribution < -0.4 is 0 Å². The Morgan fingerprint density at radius 1 is 0.917 bits per heavy atom. The van der Waals surface area contributed by atoms with E-state index in [1.54, 1.807) is 36.4 Å². The lowest BCUT2D eigenvalue weighted by Crippen LogP contribution is -2.23. The summed E-state index contributed by atoms with van der Waals surface area (Å²) < 4.78 is 4.63. The molecule has 1 aliphatic rings. The van der Waals surface area contributed by atoms with Crippen molar-refractivity contribution in [1.29, 1.82) is 0 Å². The number of carbonyl (C=O) groups excluding carboxylic acids is 3. The number of ether oxygens (including phenoxy) is 1. The van der Waals surface area contributed by atoms with E-state index in [4.69, 9.17) is 5.11 Å². The molecule has 0 saturated heterocycles. The normalized spacial score (nSPS) is 12.4. The predicted molar refractivity (Wildman–Crippen MR) is 84.5 cm³/mol. The first-order chi connectivity index (χ1) is 11.4. The molecule has 0 aromatic heterocycles. The van der Waals surface area contributed by atoms with Crippen LogP contribution in [0.4, 0.5) is 0 Å². The fraction of sp³-hybridized carbons (Fsp3) is 0.111. The minimum absolute atomic E-state index is 0.0602. The molecule has 6 heteroatoms. The first kappa shape index (κ1) is 17.1. The molecule has 0 spiro atoms. The van der Waals surface area contributed by atoms with Crippen molar-refractivity contribution in [3.63, 3.8) is 0 Å². The van der Waals surface area contributed by atoms with E-state index in [2.05, 4.69) is 4.74 Å². The molecular weight excluding hydrogens is 312 g/mol. The van der Waals surface area contributed by atoms with E-state index < -0.39 is 11.9 Å². The number of fused-ring (bicyclic) bond motifs is 1. The summed E-state index contributed by atoms with van der Waals surface area (Å²) in [5.41, 5.74) is 1.15. The average Bonchev–Trinajstić information content (AvgIpc) is 2.59. The molecule has 0 atom stereocenters. The SMILES string of the molecule is CC(=O)c1ccccc1C(=O)O.O=C1COC(=O)c2ccccc21. The molecule has 122 valence electrons. The number of cyclic esters (lactones) is 1. The van der Waals surface area contributed by atoms with Crippen LogP contribution in [0.15, 0.2) is 48.5 Å².